The first-order valence-corrected chi connectivity index (χ1v) is 4.77. The Hall–Kier alpha value is -2.10. The molecule has 1 aromatic heterocycles. The first kappa shape index (κ1) is 10.4. The quantitative estimate of drug-likeness (QED) is 0.738. The van der Waals surface area contributed by atoms with Gasteiger partial charge in [-0.2, -0.15) is 0 Å². The van der Waals surface area contributed by atoms with Gasteiger partial charge in [0.1, 0.15) is 5.69 Å². The van der Waals surface area contributed by atoms with Crippen molar-refractivity contribution in [2.75, 3.05) is 14.2 Å². The van der Waals surface area contributed by atoms with Gasteiger partial charge < -0.3 is 9.47 Å². The van der Waals surface area contributed by atoms with E-state index in [-0.39, 0.29) is 0 Å². The molecule has 1 aromatic carbocycles. The van der Waals surface area contributed by atoms with Crippen molar-refractivity contribution in [2.45, 2.75) is 0 Å². The van der Waals surface area contributed by atoms with Crippen molar-refractivity contribution in [3.8, 4) is 11.6 Å². The van der Waals surface area contributed by atoms with Crippen molar-refractivity contribution in [1.82, 2.24) is 4.98 Å². The van der Waals surface area contributed by atoms with E-state index in [1.807, 2.05) is 24.3 Å². The minimum atomic E-state index is 0.322. The van der Waals surface area contributed by atoms with Crippen molar-refractivity contribution in [2.24, 2.45) is 0 Å². The fourth-order valence-corrected chi connectivity index (χ4v) is 1.67. The summed E-state index contributed by atoms with van der Waals surface area (Å²) in [5.74, 6) is 0.868. The van der Waals surface area contributed by atoms with Crippen molar-refractivity contribution < 1.29 is 14.3 Å². The smallest absolute Gasteiger partial charge is 0.258 e. The van der Waals surface area contributed by atoms with E-state index >= 15 is 0 Å². The summed E-state index contributed by atoms with van der Waals surface area (Å²) in [4.78, 5) is 15.0. The molecule has 0 aliphatic rings. The lowest BCUT2D eigenvalue weighted by Gasteiger charge is -2.10. The average Bonchev–Trinajstić information content (AvgIpc) is 2.36. The Morgan fingerprint density at radius 2 is 1.81 bits per heavy atom. The van der Waals surface area contributed by atoms with Gasteiger partial charge in [0, 0.05) is 10.8 Å². The van der Waals surface area contributed by atoms with Crippen LogP contribution in [0.25, 0.3) is 10.8 Å². The van der Waals surface area contributed by atoms with Gasteiger partial charge in [-0.3, -0.25) is 4.79 Å². The van der Waals surface area contributed by atoms with Gasteiger partial charge in [-0.05, 0) is 0 Å². The van der Waals surface area contributed by atoms with E-state index in [9.17, 15) is 4.79 Å². The highest BCUT2D eigenvalue weighted by atomic mass is 16.5. The number of pyridine rings is 1. The fraction of sp³-hybridized carbons (Fsp3) is 0.167. The van der Waals surface area contributed by atoms with E-state index in [1.54, 1.807) is 7.11 Å². The number of aldehydes is 1. The highest BCUT2D eigenvalue weighted by Gasteiger charge is 2.13. The van der Waals surface area contributed by atoms with Gasteiger partial charge in [-0.15, -0.1) is 0 Å². The van der Waals surface area contributed by atoms with Gasteiger partial charge in [-0.1, -0.05) is 24.3 Å². The maximum Gasteiger partial charge on any atom is 0.258 e. The largest absolute Gasteiger partial charge is 0.491 e. The molecule has 0 unspecified atom stereocenters. The molecule has 0 radical (unpaired) electrons. The Labute approximate surface area is 92.8 Å². The number of rotatable bonds is 3. The molecule has 4 nitrogen and oxygen atoms in total. The normalized spacial score (nSPS) is 10.1. The van der Waals surface area contributed by atoms with Crippen LogP contribution in [0.3, 0.4) is 0 Å². The summed E-state index contributed by atoms with van der Waals surface area (Å²) in [5, 5.41) is 1.58. The Bertz CT molecular complexity index is 537. The summed E-state index contributed by atoms with van der Waals surface area (Å²) >= 11 is 0. The summed E-state index contributed by atoms with van der Waals surface area (Å²) in [6, 6.07) is 7.42. The number of aromatic nitrogens is 1. The first-order valence-electron chi connectivity index (χ1n) is 4.77. The van der Waals surface area contributed by atoms with Crippen LogP contribution < -0.4 is 9.47 Å². The second-order valence-electron chi connectivity index (χ2n) is 3.20. The second-order valence-corrected chi connectivity index (χ2v) is 3.20. The molecule has 0 bridgehead atoms. The summed E-state index contributed by atoms with van der Waals surface area (Å²) in [6.45, 7) is 0. The van der Waals surface area contributed by atoms with Crippen molar-refractivity contribution in [3.63, 3.8) is 0 Å². The molecule has 0 N–H and O–H groups in total. The fourth-order valence-electron chi connectivity index (χ4n) is 1.67. The predicted octanol–water partition coefficient (Wildman–Crippen LogP) is 2.06. The standard InChI is InChI=1S/C12H11NO3/c1-15-11-9-6-4-3-5-8(9)10(7-14)13-12(11)16-2/h3-7H,1-2H3. The Kier molecular flexibility index (Phi) is 2.72. The van der Waals surface area contributed by atoms with Crippen LogP contribution in [-0.4, -0.2) is 25.5 Å². The number of methoxy groups -OCH3 is 2. The number of hydrogen-bond acceptors (Lipinski definition) is 4. The van der Waals surface area contributed by atoms with Crippen LogP contribution in [0.15, 0.2) is 24.3 Å². The topological polar surface area (TPSA) is 48.4 Å². The van der Waals surface area contributed by atoms with E-state index in [0.29, 0.717) is 23.6 Å². The number of carbonyl (C=O) groups excluding carboxylic acids is 1. The molecule has 2 rings (SSSR count). The van der Waals surface area contributed by atoms with Crippen LogP contribution in [-0.2, 0) is 0 Å². The molecule has 1 heterocycles. The molecule has 0 saturated carbocycles. The van der Waals surface area contributed by atoms with Crippen LogP contribution in [0, 0.1) is 0 Å². The van der Waals surface area contributed by atoms with Gasteiger partial charge in [0.25, 0.3) is 5.88 Å². The molecule has 4 heteroatoms. The maximum atomic E-state index is 10.9. The van der Waals surface area contributed by atoms with Crippen LogP contribution in [0.5, 0.6) is 11.6 Å². The third-order valence-electron chi connectivity index (χ3n) is 2.37. The molecule has 82 valence electrons. The number of fused-ring (bicyclic) bond motifs is 1. The minimum absolute atomic E-state index is 0.322. The highest BCUT2D eigenvalue weighted by molar-refractivity contribution is 6.00. The van der Waals surface area contributed by atoms with Crippen molar-refractivity contribution in [1.29, 1.82) is 0 Å². The monoisotopic (exact) mass is 217 g/mol. The first-order chi connectivity index (χ1) is 7.81. The lowest BCUT2D eigenvalue weighted by atomic mass is 10.1. The van der Waals surface area contributed by atoms with Gasteiger partial charge in [0.05, 0.1) is 14.2 Å². The Morgan fingerprint density at radius 3 is 2.38 bits per heavy atom. The van der Waals surface area contributed by atoms with Crippen LogP contribution in [0.4, 0.5) is 0 Å². The number of nitrogens with zero attached hydrogens (tertiary/aromatic N) is 1. The predicted molar refractivity (Wildman–Crippen MR) is 60.2 cm³/mol. The van der Waals surface area contributed by atoms with Gasteiger partial charge in [0.15, 0.2) is 12.0 Å². The number of benzene rings is 1. The lowest BCUT2D eigenvalue weighted by molar-refractivity contribution is 0.111. The number of carbonyl (C=O) groups is 1. The molecule has 0 atom stereocenters. The third-order valence-corrected chi connectivity index (χ3v) is 2.37. The second kappa shape index (κ2) is 4.18. The van der Waals surface area contributed by atoms with Gasteiger partial charge in [-0.25, -0.2) is 4.98 Å². The third kappa shape index (κ3) is 1.48. The van der Waals surface area contributed by atoms with Crippen molar-refractivity contribution >= 4 is 17.1 Å². The minimum Gasteiger partial charge on any atom is -0.491 e. The SMILES string of the molecule is COc1nc(C=O)c2ccccc2c1OC. The van der Waals surface area contributed by atoms with E-state index in [4.69, 9.17) is 9.47 Å². The zero-order valence-electron chi connectivity index (χ0n) is 9.06. The summed E-state index contributed by atoms with van der Waals surface area (Å²) < 4.78 is 10.3. The molecular weight excluding hydrogens is 206 g/mol. The number of hydrogen-bond donors (Lipinski definition) is 0. The molecule has 0 amide bonds. The zero-order chi connectivity index (χ0) is 11.5. The molecule has 0 spiro atoms. The van der Waals surface area contributed by atoms with Crippen LogP contribution >= 0.6 is 0 Å². The molecular formula is C12H11NO3. The average molecular weight is 217 g/mol. The lowest BCUT2D eigenvalue weighted by Crippen LogP contribution is -1.98. The highest BCUT2D eigenvalue weighted by Crippen LogP contribution is 2.34. The van der Waals surface area contributed by atoms with Gasteiger partial charge >= 0.3 is 0 Å². The van der Waals surface area contributed by atoms with E-state index in [0.717, 1.165) is 10.8 Å². The Morgan fingerprint density at radius 1 is 1.12 bits per heavy atom. The van der Waals surface area contributed by atoms with Crippen LogP contribution in [0.1, 0.15) is 10.5 Å². The summed E-state index contributed by atoms with van der Waals surface area (Å²) in [6.07, 6.45) is 0.713. The van der Waals surface area contributed by atoms with E-state index < -0.39 is 0 Å². The summed E-state index contributed by atoms with van der Waals surface area (Å²) in [7, 11) is 3.04. The van der Waals surface area contributed by atoms with Gasteiger partial charge in [0.2, 0.25) is 0 Å². The van der Waals surface area contributed by atoms with E-state index in [2.05, 4.69) is 4.98 Å². The molecule has 0 fully saturated rings. The molecule has 0 aliphatic heterocycles. The van der Waals surface area contributed by atoms with E-state index in [1.165, 1.54) is 7.11 Å². The molecule has 0 saturated heterocycles. The number of ether oxygens (including phenoxy) is 2. The molecule has 16 heavy (non-hydrogen) atoms. The van der Waals surface area contributed by atoms with Crippen molar-refractivity contribution in [3.05, 3.63) is 30.0 Å². The van der Waals surface area contributed by atoms with Crippen LogP contribution in [0.2, 0.25) is 0 Å². The summed E-state index contributed by atoms with van der Waals surface area (Å²) in [5.41, 5.74) is 0.355. The zero-order valence-corrected chi connectivity index (χ0v) is 9.06. The molecule has 0 aliphatic carbocycles. The Balaban J connectivity index is 2.88. The maximum absolute atomic E-state index is 10.9. The molecule has 2 aromatic rings.